The Morgan fingerprint density at radius 3 is 2.23 bits per heavy atom. The largest absolute Gasteiger partial charge is 0.371 e. The van der Waals surface area contributed by atoms with E-state index in [1.54, 1.807) is 24.3 Å². The first kappa shape index (κ1) is 21.7. The summed E-state index contributed by atoms with van der Waals surface area (Å²) in [5.41, 5.74) is 2.42. The molecule has 2 aliphatic rings. The smallest absolute Gasteiger partial charge is 0.255 e. The number of carbonyl (C=O) groups excluding carboxylic acids is 2. The Hall–Kier alpha value is -2.53. The fourth-order valence-corrected chi connectivity index (χ4v) is 4.57. The number of carbonyl (C=O) groups is 2. The summed E-state index contributed by atoms with van der Waals surface area (Å²) in [6, 6.07) is 15.0. The first-order chi connectivity index (χ1) is 15.0. The van der Waals surface area contributed by atoms with E-state index >= 15 is 0 Å². The third kappa shape index (κ3) is 5.21. The van der Waals surface area contributed by atoms with Crippen LogP contribution in [0.25, 0.3) is 0 Å². The van der Waals surface area contributed by atoms with Crippen LogP contribution < -0.4 is 10.2 Å². The van der Waals surface area contributed by atoms with Crippen molar-refractivity contribution in [3.8, 4) is 0 Å². The minimum atomic E-state index is -0.0648. The number of rotatable bonds is 4. The quantitative estimate of drug-likeness (QED) is 0.756. The van der Waals surface area contributed by atoms with Crippen LogP contribution in [0.3, 0.4) is 0 Å². The number of benzene rings is 2. The number of para-hydroxylation sites is 1. The highest BCUT2D eigenvalue weighted by Gasteiger charge is 2.27. The normalized spacial score (nSPS) is 18.1. The van der Waals surface area contributed by atoms with Crippen molar-refractivity contribution in [2.45, 2.75) is 38.6 Å². The molecule has 4 rings (SSSR count). The molecule has 2 saturated heterocycles. The molecule has 2 amide bonds. The Morgan fingerprint density at radius 2 is 1.55 bits per heavy atom. The lowest BCUT2D eigenvalue weighted by Crippen LogP contribution is -2.45. The van der Waals surface area contributed by atoms with Crippen LogP contribution >= 0.6 is 11.6 Å². The maximum Gasteiger partial charge on any atom is 0.255 e. The summed E-state index contributed by atoms with van der Waals surface area (Å²) >= 11 is 5.91. The molecule has 0 atom stereocenters. The Kier molecular flexibility index (Phi) is 6.81. The molecule has 0 radical (unpaired) electrons. The number of likely N-dealkylation sites (tertiary alicyclic amines) is 1. The summed E-state index contributed by atoms with van der Waals surface area (Å²) in [5, 5.41) is 3.76. The predicted octanol–water partition coefficient (Wildman–Crippen LogP) is 4.61. The Morgan fingerprint density at radius 1 is 0.903 bits per heavy atom. The maximum absolute atomic E-state index is 13.2. The molecule has 5 nitrogen and oxygen atoms in total. The van der Waals surface area contributed by atoms with Gasteiger partial charge in [0, 0.05) is 48.5 Å². The molecule has 31 heavy (non-hydrogen) atoms. The van der Waals surface area contributed by atoms with Crippen LogP contribution in [0.15, 0.2) is 48.5 Å². The van der Waals surface area contributed by atoms with Gasteiger partial charge in [-0.1, -0.05) is 30.7 Å². The number of hydrogen-bond acceptors (Lipinski definition) is 3. The maximum atomic E-state index is 13.2. The van der Waals surface area contributed by atoms with E-state index < -0.39 is 0 Å². The molecular formula is C25H30ClN3O2. The summed E-state index contributed by atoms with van der Waals surface area (Å²) in [5.74, 6) is 0.770. The molecule has 0 unspecified atom stereocenters. The van der Waals surface area contributed by atoms with Crippen molar-refractivity contribution in [3.63, 3.8) is 0 Å². The van der Waals surface area contributed by atoms with Crippen LogP contribution in [0.2, 0.25) is 5.02 Å². The molecular weight excluding hydrogens is 410 g/mol. The van der Waals surface area contributed by atoms with Crippen LogP contribution in [0.5, 0.6) is 0 Å². The second-order valence-corrected chi connectivity index (χ2v) is 9.17. The fraction of sp³-hybridized carbons (Fsp3) is 0.440. The average Bonchev–Trinajstić information content (AvgIpc) is 2.80. The molecule has 6 heteroatoms. The summed E-state index contributed by atoms with van der Waals surface area (Å²) in [7, 11) is 0. The van der Waals surface area contributed by atoms with Crippen molar-refractivity contribution in [2.75, 3.05) is 31.1 Å². The van der Waals surface area contributed by atoms with Crippen molar-refractivity contribution < 1.29 is 9.59 Å². The van der Waals surface area contributed by atoms with Crippen molar-refractivity contribution in [3.05, 3.63) is 64.7 Å². The van der Waals surface area contributed by atoms with Crippen LogP contribution in [0, 0.1) is 5.92 Å². The van der Waals surface area contributed by atoms with Gasteiger partial charge in [-0.05, 0) is 68.0 Å². The lowest BCUT2D eigenvalue weighted by molar-refractivity contribution is 0.0697. The molecule has 0 aliphatic carbocycles. The van der Waals surface area contributed by atoms with Gasteiger partial charge < -0.3 is 15.1 Å². The van der Waals surface area contributed by atoms with Gasteiger partial charge in [-0.2, -0.15) is 0 Å². The molecule has 0 aromatic heterocycles. The zero-order valence-electron chi connectivity index (χ0n) is 18.0. The first-order valence-corrected chi connectivity index (χ1v) is 11.6. The summed E-state index contributed by atoms with van der Waals surface area (Å²) in [6.45, 7) is 5.56. The minimum absolute atomic E-state index is 0.0648. The summed E-state index contributed by atoms with van der Waals surface area (Å²) < 4.78 is 0. The van der Waals surface area contributed by atoms with Crippen LogP contribution in [0.4, 0.5) is 5.69 Å². The Bertz CT molecular complexity index is 915. The number of anilines is 1. The SMILES string of the molecule is CC1CCN(C(=O)c2ccccc2N2CCC(NC(=O)c3ccc(Cl)cc3)CC2)CC1. The van der Waals surface area contributed by atoms with Crippen molar-refractivity contribution in [1.29, 1.82) is 0 Å². The molecule has 0 bridgehead atoms. The monoisotopic (exact) mass is 439 g/mol. The topological polar surface area (TPSA) is 52.7 Å². The summed E-state index contributed by atoms with van der Waals surface area (Å²) in [6.07, 6.45) is 3.85. The molecule has 0 saturated carbocycles. The lowest BCUT2D eigenvalue weighted by Gasteiger charge is -2.36. The van der Waals surface area contributed by atoms with E-state index in [0.29, 0.717) is 16.5 Å². The zero-order chi connectivity index (χ0) is 21.8. The van der Waals surface area contributed by atoms with Crippen LogP contribution in [0.1, 0.15) is 53.3 Å². The van der Waals surface area contributed by atoms with Gasteiger partial charge in [0.1, 0.15) is 0 Å². The van der Waals surface area contributed by atoms with Gasteiger partial charge in [0.05, 0.1) is 5.56 Å². The number of amides is 2. The van der Waals surface area contributed by atoms with Gasteiger partial charge in [-0.15, -0.1) is 0 Å². The number of hydrogen-bond donors (Lipinski definition) is 1. The molecule has 2 aromatic carbocycles. The Balaban J connectivity index is 1.37. The van der Waals surface area contributed by atoms with E-state index in [1.165, 1.54) is 0 Å². The number of nitrogens with one attached hydrogen (secondary N) is 1. The van der Waals surface area contributed by atoms with Gasteiger partial charge in [0.2, 0.25) is 0 Å². The second-order valence-electron chi connectivity index (χ2n) is 8.73. The van der Waals surface area contributed by atoms with E-state index in [1.807, 2.05) is 29.2 Å². The highest BCUT2D eigenvalue weighted by Crippen LogP contribution is 2.27. The van der Waals surface area contributed by atoms with Gasteiger partial charge in [0.25, 0.3) is 11.8 Å². The number of piperidine rings is 2. The Labute approximate surface area is 189 Å². The molecule has 164 valence electrons. The van der Waals surface area contributed by atoms with E-state index in [2.05, 4.69) is 17.1 Å². The number of nitrogens with zero attached hydrogens (tertiary/aromatic N) is 2. The summed E-state index contributed by atoms with van der Waals surface area (Å²) in [4.78, 5) is 30.0. The van der Waals surface area contributed by atoms with Gasteiger partial charge in [-0.3, -0.25) is 9.59 Å². The third-order valence-corrected chi connectivity index (χ3v) is 6.73. The van der Waals surface area contributed by atoms with Crippen molar-refractivity contribution in [2.24, 2.45) is 5.92 Å². The van der Waals surface area contributed by atoms with Gasteiger partial charge in [-0.25, -0.2) is 0 Å². The predicted molar refractivity (Wildman–Crippen MR) is 125 cm³/mol. The average molecular weight is 440 g/mol. The van der Waals surface area contributed by atoms with E-state index in [9.17, 15) is 9.59 Å². The fourth-order valence-electron chi connectivity index (χ4n) is 4.45. The second kappa shape index (κ2) is 9.73. The van der Waals surface area contributed by atoms with E-state index in [4.69, 9.17) is 11.6 Å². The molecule has 1 N–H and O–H groups in total. The van der Waals surface area contributed by atoms with E-state index in [-0.39, 0.29) is 17.9 Å². The third-order valence-electron chi connectivity index (χ3n) is 6.48. The molecule has 0 spiro atoms. The highest BCUT2D eigenvalue weighted by atomic mass is 35.5. The standard InChI is InChI=1S/C25H30ClN3O2/c1-18-10-14-29(15-11-18)25(31)22-4-2-3-5-23(22)28-16-12-21(13-17-28)27-24(30)19-6-8-20(26)9-7-19/h2-9,18,21H,10-17H2,1H3,(H,27,30). The highest BCUT2D eigenvalue weighted by molar-refractivity contribution is 6.30. The molecule has 2 aliphatic heterocycles. The van der Waals surface area contributed by atoms with Crippen molar-refractivity contribution in [1.82, 2.24) is 10.2 Å². The van der Waals surface area contributed by atoms with Crippen LogP contribution in [-0.4, -0.2) is 48.9 Å². The number of halogens is 1. The molecule has 2 fully saturated rings. The van der Waals surface area contributed by atoms with Crippen molar-refractivity contribution >= 4 is 29.1 Å². The molecule has 2 aromatic rings. The zero-order valence-corrected chi connectivity index (χ0v) is 18.8. The minimum Gasteiger partial charge on any atom is -0.371 e. The van der Waals surface area contributed by atoms with Gasteiger partial charge >= 0.3 is 0 Å². The van der Waals surface area contributed by atoms with Gasteiger partial charge in [0.15, 0.2) is 0 Å². The van der Waals surface area contributed by atoms with E-state index in [0.717, 1.165) is 63.1 Å². The van der Waals surface area contributed by atoms with Crippen LogP contribution in [-0.2, 0) is 0 Å². The molecule has 2 heterocycles. The lowest BCUT2D eigenvalue weighted by atomic mass is 9.98. The first-order valence-electron chi connectivity index (χ1n) is 11.2.